The van der Waals surface area contributed by atoms with Gasteiger partial charge in [0.05, 0.1) is 12.3 Å². The Morgan fingerprint density at radius 3 is 2.50 bits per heavy atom. The molecular weight excluding hydrogens is 432 g/mol. The minimum Gasteiger partial charge on any atom is -0.487 e. The first-order valence-corrected chi connectivity index (χ1v) is 9.30. The molecule has 0 bridgehead atoms. The van der Waals surface area contributed by atoms with Crippen molar-refractivity contribution in [1.82, 2.24) is 4.57 Å². The number of aliphatic hydroxyl groups is 1. The van der Waals surface area contributed by atoms with Crippen LogP contribution >= 0.6 is 15.9 Å². The summed E-state index contributed by atoms with van der Waals surface area (Å²) in [6, 6.07) is 10.3. The van der Waals surface area contributed by atoms with E-state index in [2.05, 4.69) is 15.9 Å². The highest BCUT2D eigenvalue weighted by molar-refractivity contribution is 9.10. The molecule has 1 N–H and O–H groups in total. The number of benzene rings is 2. The van der Waals surface area contributed by atoms with Crippen LogP contribution in [0.3, 0.4) is 0 Å². The second-order valence-electron chi connectivity index (χ2n) is 6.41. The summed E-state index contributed by atoms with van der Waals surface area (Å²) in [7, 11) is 0. The molecule has 3 aromatic rings. The molecule has 0 aliphatic carbocycles. The van der Waals surface area contributed by atoms with Crippen LogP contribution in [0.1, 0.15) is 22.4 Å². The smallest absolute Gasteiger partial charge is 0.273 e. The normalized spacial score (nSPS) is 10.9. The van der Waals surface area contributed by atoms with Gasteiger partial charge in [-0.15, -0.1) is 0 Å². The highest BCUT2D eigenvalue weighted by Gasteiger charge is 2.15. The van der Waals surface area contributed by atoms with E-state index >= 15 is 0 Å². The van der Waals surface area contributed by atoms with Crippen molar-refractivity contribution in [3.8, 4) is 11.4 Å². The number of nitrogens with zero attached hydrogens (tertiary/aromatic N) is 1. The molecule has 0 amide bonds. The van der Waals surface area contributed by atoms with E-state index in [4.69, 9.17) is 4.74 Å². The summed E-state index contributed by atoms with van der Waals surface area (Å²) in [5.74, 6) is -1.10. The first kappa shape index (κ1) is 20.2. The number of hydrogen-bond donors (Lipinski definition) is 1. The highest BCUT2D eigenvalue weighted by atomic mass is 79.9. The monoisotopic (exact) mass is 449 g/mol. The van der Waals surface area contributed by atoms with E-state index in [0.29, 0.717) is 11.4 Å². The molecule has 0 spiro atoms. The second-order valence-corrected chi connectivity index (χ2v) is 7.20. The maximum atomic E-state index is 13.8. The van der Waals surface area contributed by atoms with Crippen molar-refractivity contribution in [2.75, 3.05) is 0 Å². The maximum absolute atomic E-state index is 13.8. The minimum atomic E-state index is -0.708. The zero-order valence-corrected chi connectivity index (χ0v) is 16.9. The van der Waals surface area contributed by atoms with Gasteiger partial charge in [-0.2, -0.15) is 0 Å². The zero-order valence-electron chi connectivity index (χ0n) is 15.3. The van der Waals surface area contributed by atoms with Crippen molar-refractivity contribution in [2.45, 2.75) is 27.1 Å². The van der Waals surface area contributed by atoms with Crippen LogP contribution in [0, 0.1) is 25.5 Å². The van der Waals surface area contributed by atoms with Crippen molar-refractivity contribution in [1.29, 1.82) is 0 Å². The van der Waals surface area contributed by atoms with Gasteiger partial charge in [0.2, 0.25) is 0 Å². The molecule has 0 radical (unpaired) electrons. The zero-order chi connectivity index (χ0) is 20.4. The van der Waals surface area contributed by atoms with E-state index in [1.807, 2.05) is 13.0 Å². The number of aliphatic hydroxyl groups excluding tert-OH is 1. The molecule has 3 rings (SSSR count). The Kier molecular flexibility index (Phi) is 5.96. The number of pyridine rings is 1. The van der Waals surface area contributed by atoms with Gasteiger partial charge >= 0.3 is 0 Å². The van der Waals surface area contributed by atoms with Crippen molar-refractivity contribution < 1.29 is 18.6 Å². The third kappa shape index (κ3) is 4.00. The Morgan fingerprint density at radius 2 is 1.86 bits per heavy atom. The topological polar surface area (TPSA) is 51.5 Å². The first-order chi connectivity index (χ1) is 13.3. The third-order valence-corrected chi connectivity index (χ3v) is 5.11. The minimum absolute atomic E-state index is 0.0780. The first-order valence-electron chi connectivity index (χ1n) is 8.51. The Morgan fingerprint density at radius 1 is 1.11 bits per heavy atom. The molecule has 28 heavy (non-hydrogen) atoms. The molecule has 0 saturated carbocycles. The number of aryl methyl sites for hydroxylation is 2. The fraction of sp³-hybridized carbons (Fsp3) is 0.190. The van der Waals surface area contributed by atoms with E-state index < -0.39 is 11.6 Å². The lowest BCUT2D eigenvalue weighted by atomic mass is 10.1. The second kappa shape index (κ2) is 8.24. The Bertz CT molecular complexity index is 1100. The summed E-state index contributed by atoms with van der Waals surface area (Å²) >= 11 is 3.27. The van der Waals surface area contributed by atoms with E-state index in [0.717, 1.165) is 23.3 Å². The van der Waals surface area contributed by atoms with Gasteiger partial charge in [-0.1, -0.05) is 12.1 Å². The molecule has 0 aliphatic heterocycles. The lowest BCUT2D eigenvalue weighted by Crippen LogP contribution is -2.23. The van der Waals surface area contributed by atoms with Crippen LogP contribution in [-0.4, -0.2) is 9.67 Å². The fourth-order valence-electron chi connectivity index (χ4n) is 2.95. The summed E-state index contributed by atoms with van der Waals surface area (Å²) in [5, 5.41) is 9.26. The van der Waals surface area contributed by atoms with Gasteiger partial charge in [0.1, 0.15) is 28.5 Å². The molecule has 0 atom stereocenters. The van der Waals surface area contributed by atoms with Crippen LogP contribution in [0.2, 0.25) is 0 Å². The summed E-state index contributed by atoms with van der Waals surface area (Å²) in [6.07, 6.45) is 0. The van der Waals surface area contributed by atoms with Gasteiger partial charge in [-0.25, -0.2) is 8.78 Å². The Hall–Kier alpha value is -2.51. The third-order valence-electron chi connectivity index (χ3n) is 4.38. The molecule has 0 aliphatic rings. The van der Waals surface area contributed by atoms with Crippen molar-refractivity contribution in [3.05, 3.63) is 91.3 Å². The average Bonchev–Trinajstić information content (AvgIpc) is 2.66. The molecule has 4 nitrogen and oxygen atoms in total. The van der Waals surface area contributed by atoms with Crippen molar-refractivity contribution in [2.24, 2.45) is 0 Å². The SMILES string of the molecule is Cc1cc(CO)ccc1-n1c(C)cc(OCc2ccc(F)cc2F)c(Br)c1=O. The van der Waals surface area contributed by atoms with Gasteiger partial charge < -0.3 is 9.84 Å². The van der Waals surface area contributed by atoms with Crippen LogP contribution in [0.4, 0.5) is 8.78 Å². The number of hydrogen-bond acceptors (Lipinski definition) is 3. The lowest BCUT2D eigenvalue weighted by molar-refractivity contribution is 0.282. The van der Waals surface area contributed by atoms with Crippen LogP contribution in [0.15, 0.2) is 51.7 Å². The van der Waals surface area contributed by atoms with Crippen LogP contribution in [-0.2, 0) is 13.2 Å². The summed E-state index contributed by atoms with van der Waals surface area (Å²) in [5.41, 5.74) is 2.78. The largest absolute Gasteiger partial charge is 0.487 e. The predicted molar refractivity (Wildman–Crippen MR) is 106 cm³/mol. The summed E-state index contributed by atoms with van der Waals surface area (Å²) in [6.45, 7) is 3.40. The number of halogens is 3. The number of rotatable bonds is 5. The van der Waals surface area contributed by atoms with Gasteiger partial charge in [0, 0.05) is 23.4 Å². The van der Waals surface area contributed by atoms with E-state index in [-0.39, 0.29) is 34.6 Å². The standard InChI is InChI=1S/C21H18BrF2NO3/c1-12-7-14(10-26)3-6-18(12)25-13(2)8-19(20(22)21(25)27)28-11-15-4-5-16(23)9-17(15)24/h3-9,26H,10-11H2,1-2H3. The van der Waals surface area contributed by atoms with Gasteiger partial charge in [-0.3, -0.25) is 9.36 Å². The summed E-state index contributed by atoms with van der Waals surface area (Å²) < 4.78 is 34.1. The molecule has 7 heteroatoms. The van der Waals surface area contributed by atoms with E-state index in [9.17, 15) is 18.7 Å². The molecular formula is C21H18BrF2NO3. The average molecular weight is 450 g/mol. The Balaban J connectivity index is 1.95. The van der Waals surface area contributed by atoms with Crippen molar-refractivity contribution in [3.63, 3.8) is 0 Å². The molecule has 1 heterocycles. The molecule has 0 unspecified atom stereocenters. The lowest BCUT2D eigenvalue weighted by Gasteiger charge is -2.17. The van der Waals surface area contributed by atoms with Gasteiger partial charge in [0.25, 0.3) is 5.56 Å². The van der Waals surface area contributed by atoms with Crippen LogP contribution in [0.25, 0.3) is 5.69 Å². The Labute approximate surface area is 169 Å². The molecule has 0 saturated heterocycles. The van der Waals surface area contributed by atoms with Gasteiger partial charge in [0.15, 0.2) is 0 Å². The van der Waals surface area contributed by atoms with Crippen molar-refractivity contribution >= 4 is 15.9 Å². The van der Waals surface area contributed by atoms with Crippen LogP contribution in [0.5, 0.6) is 5.75 Å². The number of aromatic nitrogens is 1. The molecule has 1 aromatic heterocycles. The fourth-order valence-corrected chi connectivity index (χ4v) is 3.35. The van der Waals surface area contributed by atoms with Gasteiger partial charge in [-0.05, 0) is 59.1 Å². The maximum Gasteiger partial charge on any atom is 0.273 e. The highest BCUT2D eigenvalue weighted by Crippen LogP contribution is 2.26. The molecule has 0 fully saturated rings. The quantitative estimate of drug-likeness (QED) is 0.620. The number of ether oxygens (including phenoxy) is 1. The molecule has 2 aromatic carbocycles. The predicted octanol–water partition coefficient (Wildman–Crippen LogP) is 4.57. The summed E-state index contributed by atoms with van der Waals surface area (Å²) in [4.78, 5) is 12.9. The van der Waals surface area contributed by atoms with E-state index in [1.54, 1.807) is 25.1 Å². The van der Waals surface area contributed by atoms with E-state index in [1.165, 1.54) is 10.6 Å². The van der Waals surface area contributed by atoms with Crippen LogP contribution < -0.4 is 10.3 Å². The molecule has 146 valence electrons.